The second-order valence-electron chi connectivity index (χ2n) is 1.69. The van der Waals surface area contributed by atoms with Crippen LogP contribution in [0.5, 0.6) is 0 Å². The van der Waals surface area contributed by atoms with Crippen molar-refractivity contribution in [2.24, 2.45) is 0 Å². The van der Waals surface area contributed by atoms with Crippen LogP contribution in [0.4, 0.5) is 4.39 Å². The summed E-state index contributed by atoms with van der Waals surface area (Å²) in [5, 5.41) is 0. The van der Waals surface area contributed by atoms with Crippen LogP contribution in [0.3, 0.4) is 0 Å². The minimum atomic E-state index is -2.25. The van der Waals surface area contributed by atoms with Crippen molar-refractivity contribution in [2.45, 2.75) is 4.90 Å². The Kier molecular flexibility index (Phi) is 12.7. The van der Waals surface area contributed by atoms with Crippen molar-refractivity contribution >= 4 is 11.1 Å². The van der Waals surface area contributed by atoms with Crippen molar-refractivity contribution in [3.63, 3.8) is 0 Å². The van der Waals surface area contributed by atoms with Crippen LogP contribution in [0.2, 0.25) is 0 Å². The van der Waals surface area contributed by atoms with Crippen LogP contribution in [0, 0.1) is 5.82 Å². The van der Waals surface area contributed by atoms with Gasteiger partial charge in [-0.3, -0.25) is 4.21 Å². The van der Waals surface area contributed by atoms with Gasteiger partial charge in [-0.15, -0.1) is 0 Å². The van der Waals surface area contributed by atoms with E-state index in [9.17, 15) is 13.2 Å². The predicted molar refractivity (Wildman–Crippen MR) is 40.8 cm³/mol. The van der Waals surface area contributed by atoms with Crippen LogP contribution in [-0.4, -0.2) is 19.7 Å². The van der Waals surface area contributed by atoms with Crippen LogP contribution in [-0.2, 0) is 11.1 Å². The van der Waals surface area contributed by atoms with E-state index in [0.29, 0.717) is 0 Å². The SMILES string of the molecule is O.O.O=S([O-])c1ccc(F)cc1.[Na+]. The van der Waals surface area contributed by atoms with Gasteiger partial charge in [0.25, 0.3) is 0 Å². The first-order valence-electron chi connectivity index (χ1n) is 2.55. The number of hydrogen-bond acceptors (Lipinski definition) is 2. The maximum Gasteiger partial charge on any atom is 1.00 e. The molecule has 0 spiro atoms. The van der Waals surface area contributed by atoms with Gasteiger partial charge in [-0.05, 0) is 35.3 Å². The molecule has 1 atom stereocenters. The van der Waals surface area contributed by atoms with Gasteiger partial charge < -0.3 is 15.5 Å². The second kappa shape index (κ2) is 8.76. The molecule has 0 saturated carbocycles. The Morgan fingerprint density at radius 1 is 1.15 bits per heavy atom. The summed E-state index contributed by atoms with van der Waals surface area (Å²) in [6.07, 6.45) is 0. The summed E-state index contributed by atoms with van der Waals surface area (Å²) in [6, 6.07) is 4.62. The monoisotopic (exact) mass is 218 g/mol. The summed E-state index contributed by atoms with van der Waals surface area (Å²) in [7, 11) is 0. The summed E-state index contributed by atoms with van der Waals surface area (Å²) < 4.78 is 32.5. The molecule has 1 aromatic carbocycles. The van der Waals surface area contributed by atoms with Crippen LogP contribution in [0.15, 0.2) is 29.2 Å². The van der Waals surface area contributed by atoms with Gasteiger partial charge in [0, 0.05) is 4.90 Å². The Balaban J connectivity index is -0.000000333. The third-order valence-electron chi connectivity index (χ3n) is 1.01. The molecule has 0 heterocycles. The summed E-state index contributed by atoms with van der Waals surface area (Å²) in [5.74, 6) is -0.436. The Hall–Kier alpha value is 0.180. The van der Waals surface area contributed by atoms with Crippen molar-refractivity contribution in [3.05, 3.63) is 30.1 Å². The molecule has 0 aliphatic rings. The summed E-state index contributed by atoms with van der Waals surface area (Å²) in [5.41, 5.74) is 0. The number of benzene rings is 1. The molecule has 0 saturated heterocycles. The van der Waals surface area contributed by atoms with E-state index < -0.39 is 16.9 Å². The first-order chi connectivity index (χ1) is 4.70. The van der Waals surface area contributed by atoms with E-state index >= 15 is 0 Å². The zero-order valence-electron chi connectivity index (χ0n) is 6.91. The molecule has 7 heteroatoms. The summed E-state index contributed by atoms with van der Waals surface area (Å²) in [6.45, 7) is 0. The molecule has 70 valence electrons. The molecule has 0 fully saturated rings. The zero-order valence-corrected chi connectivity index (χ0v) is 9.73. The Morgan fingerprint density at radius 3 is 1.85 bits per heavy atom. The molecule has 0 aliphatic carbocycles. The van der Waals surface area contributed by atoms with E-state index in [0.717, 1.165) is 12.1 Å². The van der Waals surface area contributed by atoms with E-state index in [2.05, 4.69) is 0 Å². The maximum absolute atomic E-state index is 12.1. The van der Waals surface area contributed by atoms with Crippen LogP contribution < -0.4 is 29.6 Å². The quantitative estimate of drug-likeness (QED) is 0.359. The smallest absolute Gasteiger partial charge is 0.768 e. The fourth-order valence-electron chi connectivity index (χ4n) is 0.546. The van der Waals surface area contributed by atoms with Crippen molar-refractivity contribution in [3.8, 4) is 0 Å². The molecule has 0 bridgehead atoms. The summed E-state index contributed by atoms with van der Waals surface area (Å²) >= 11 is -2.25. The first-order valence-corrected chi connectivity index (χ1v) is 3.62. The van der Waals surface area contributed by atoms with Gasteiger partial charge in [0.2, 0.25) is 0 Å². The van der Waals surface area contributed by atoms with Gasteiger partial charge in [0.05, 0.1) is 0 Å². The Labute approximate surface area is 99.3 Å². The van der Waals surface area contributed by atoms with Gasteiger partial charge in [-0.25, -0.2) is 4.39 Å². The van der Waals surface area contributed by atoms with Crippen LogP contribution in [0.25, 0.3) is 0 Å². The van der Waals surface area contributed by atoms with Crippen molar-refractivity contribution in [2.75, 3.05) is 0 Å². The summed E-state index contributed by atoms with van der Waals surface area (Å²) in [4.78, 5) is 0.0985. The standard InChI is InChI=1S/C6H5FO2S.Na.2H2O/c7-5-1-3-6(4-2-5)10(8)9;;;/h1-4H,(H,8,9);;2*1H2/q;+1;;/p-1. The molecule has 13 heavy (non-hydrogen) atoms. The first kappa shape index (κ1) is 18.9. The number of hydrogen-bond donors (Lipinski definition) is 0. The molecular formula is C6H8FNaO4S. The minimum absolute atomic E-state index is 0. The van der Waals surface area contributed by atoms with E-state index in [1.54, 1.807) is 0 Å². The Bertz CT molecular complexity index is 253. The average molecular weight is 218 g/mol. The minimum Gasteiger partial charge on any atom is -0.768 e. The average Bonchev–Trinajstić information content (AvgIpc) is 1.88. The third-order valence-corrected chi connectivity index (χ3v) is 1.66. The topological polar surface area (TPSA) is 103 Å². The van der Waals surface area contributed by atoms with Gasteiger partial charge in [0.15, 0.2) is 0 Å². The normalized spacial score (nSPS) is 10.0. The van der Waals surface area contributed by atoms with Gasteiger partial charge >= 0.3 is 29.6 Å². The number of rotatable bonds is 1. The van der Waals surface area contributed by atoms with E-state index in [1.807, 2.05) is 0 Å². The van der Waals surface area contributed by atoms with Gasteiger partial charge in [-0.1, -0.05) is 0 Å². The van der Waals surface area contributed by atoms with Crippen LogP contribution in [0.1, 0.15) is 0 Å². The fourth-order valence-corrected chi connectivity index (χ4v) is 0.904. The van der Waals surface area contributed by atoms with Crippen molar-refractivity contribution in [1.82, 2.24) is 0 Å². The molecule has 1 unspecified atom stereocenters. The second-order valence-corrected chi connectivity index (χ2v) is 2.63. The van der Waals surface area contributed by atoms with E-state index in [1.165, 1.54) is 12.1 Å². The zero-order chi connectivity index (χ0) is 7.56. The molecule has 4 N–H and O–H groups in total. The predicted octanol–water partition coefficient (Wildman–Crippen LogP) is -3.58. The molecule has 0 amide bonds. The van der Waals surface area contributed by atoms with Crippen molar-refractivity contribution < 1.29 is 53.7 Å². The number of halogens is 1. The molecule has 0 aliphatic heterocycles. The van der Waals surface area contributed by atoms with E-state index in [4.69, 9.17) is 0 Å². The molecule has 0 aromatic heterocycles. The molecule has 4 nitrogen and oxygen atoms in total. The molecule has 1 aromatic rings. The molecule has 1 rings (SSSR count). The molecule has 0 radical (unpaired) electrons. The molecular weight excluding hydrogens is 210 g/mol. The fraction of sp³-hybridized carbons (Fsp3) is 0. The Morgan fingerprint density at radius 2 is 1.54 bits per heavy atom. The van der Waals surface area contributed by atoms with E-state index in [-0.39, 0.29) is 45.4 Å². The van der Waals surface area contributed by atoms with Gasteiger partial charge in [0.1, 0.15) is 5.82 Å². The maximum atomic E-state index is 12.1. The third kappa shape index (κ3) is 6.28. The van der Waals surface area contributed by atoms with Gasteiger partial charge in [-0.2, -0.15) is 0 Å². The van der Waals surface area contributed by atoms with Crippen LogP contribution >= 0.6 is 0 Å². The largest absolute Gasteiger partial charge is 1.00 e. The van der Waals surface area contributed by atoms with Crippen molar-refractivity contribution in [1.29, 1.82) is 0 Å².